The number of carbonyl (C=O) groups is 2. The number of nitrogens with one attached hydrogen (secondary N) is 3. The van der Waals surface area contributed by atoms with Gasteiger partial charge in [0.05, 0.1) is 12.6 Å². The number of amides is 2. The van der Waals surface area contributed by atoms with Crippen LogP contribution in [0.2, 0.25) is 0 Å². The number of ether oxygens (including phenoxy) is 2. The molecule has 2 amide bonds. The van der Waals surface area contributed by atoms with E-state index in [2.05, 4.69) is 20.9 Å². The molecule has 0 aliphatic heterocycles. The predicted molar refractivity (Wildman–Crippen MR) is 146 cm³/mol. The number of hydrogen-bond donors (Lipinski definition) is 4. The molecule has 0 spiro atoms. The molecule has 4 aromatic rings. The Morgan fingerprint density at radius 3 is 2.23 bits per heavy atom. The van der Waals surface area contributed by atoms with Crippen molar-refractivity contribution in [2.24, 2.45) is 0 Å². The van der Waals surface area contributed by atoms with Crippen molar-refractivity contribution < 1.29 is 33.0 Å². The SMILES string of the molecule is COc1cc2c(Oc3ccc(NC(=O)/C(=C/NC(C)C)C(=O)Nc4ccc(F)cc4)cc3F)ccnc2cc1O. The molecule has 40 heavy (non-hydrogen) atoms. The molecule has 0 bridgehead atoms. The highest BCUT2D eigenvalue weighted by atomic mass is 19.1. The molecule has 0 fully saturated rings. The molecule has 0 atom stereocenters. The van der Waals surface area contributed by atoms with Crippen molar-refractivity contribution in [3.63, 3.8) is 0 Å². The minimum absolute atomic E-state index is 0.0751. The molecule has 0 radical (unpaired) electrons. The van der Waals surface area contributed by atoms with Gasteiger partial charge in [0.15, 0.2) is 23.1 Å². The van der Waals surface area contributed by atoms with E-state index in [1.54, 1.807) is 0 Å². The summed E-state index contributed by atoms with van der Waals surface area (Å²) in [6.07, 6.45) is 2.71. The third kappa shape index (κ3) is 6.62. The van der Waals surface area contributed by atoms with Gasteiger partial charge in [-0.3, -0.25) is 14.6 Å². The van der Waals surface area contributed by atoms with Crippen LogP contribution in [0.15, 0.2) is 78.6 Å². The molecule has 4 N–H and O–H groups in total. The molecule has 0 saturated carbocycles. The van der Waals surface area contributed by atoms with E-state index in [9.17, 15) is 19.1 Å². The lowest BCUT2D eigenvalue weighted by Gasteiger charge is -2.14. The van der Waals surface area contributed by atoms with E-state index in [1.807, 2.05) is 13.8 Å². The summed E-state index contributed by atoms with van der Waals surface area (Å²) in [6.45, 7) is 3.64. The van der Waals surface area contributed by atoms with Crippen LogP contribution in [0.5, 0.6) is 23.0 Å². The van der Waals surface area contributed by atoms with Crippen LogP contribution in [0.1, 0.15) is 13.8 Å². The van der Waals surface area contributed by atoms with Crippen molar-refractivity contribution in [2.45, 2.75) is 19.9 Å². The van der Waals surface area contributed by atoms with Gasteiger partial charge < -0.3 is 30.5 Å². The maximum atomic E-state index is 15.0. The van der Waals surface area contributed by atoms with Gasteiger partial charge in [-0.2, -0.15) is 0 Å². The van der Waals surface area contributed by atoms with Gasteiger partial charge >= 0.3 is 0 Å². The molecule has 4 rings (SSSR count). The number of phenols is 1. The number of halogens is 2. The zero-order chi connectivity index (χ0) is 28.8. The fourth-order valence-electron chi connectivity index (χ4n) is 3.58. The molecule has 3 aromatic carbocycles. The van der Waals surface area contributed by atoms with E-state index in [0.29, 0.717) is 16.6 Å². The lowest BCUT2D eigenvalue weighted by molar-refractivity contribution is -0.118. The van der Waals surface area contributed by atoms with Crippen LogP contribution in [0.4, 0.5) is 20.2 Å². The van der Waals surface area contributed by atoms with Crippen molar-refractivity contribution in [2.75, 3.05) is 17.7 Å². The van der Waals surface area contributed by atoms with Gasteiger partial charge in [0.1, 0.15) is 17.1 Å². The van der Waals surface area contributed by atoms with Gasteiger partial charge in [-0.15, -0.1) is 0 Å². The van der Waals surface area contributed by atoms with Crippen LogP contribution >= 0.6 is 0 Å². The molecule has 0 saturated heterocycles. The number of hydrogen-bond acceptors (Lipinski definition) is 7. The van der Waals surface area contributed by atoms with E-state index >= 15 is 4.39 Å². The number of aromatic hydroxyl groups is 1. The summed E-state index contributed by atoms with van der Waals surface area (Å²) in [5.41, 5.74) is 0.497. The highest BCUT2D eigenvalue weighted by Crippen LogP contribution is 2.37. The molecular weight excluding hydrogens is 522 g/mol. The standard InChI is InChI=1S/C29H26F2N4O5/c1-16(2)33-15-21(28(37)34-18-6-4-17(30)5-7-18)29(38)35-19-8-9-26(22(31)12-19)40-25-10-11-32-23-14-24(36)27(39-3)13-20(23)25/h4-16,33,36H,1-3H3,(H,34,37)(H,35,38)/b21-15+. The monoisotopic (exact) mass is 548 g/mol. The maximum Gasteiger partial charge on any atom is 0.262 e. The third-order valence-electron chi connectivity index (χ3n) is 5.56. The lowest BCUT2D eigenvalue weighted by atomic mass is 10.2. The number of carbonyl (C=O) groups excluding carboxylic acids is 2. The normalized spacial score (nSPS) is 11.3. The first-order valence-corrected chi connectivity index (χ1v) is 12.1. The second-order valence-corrected chi connectivity index (χ2v) is 8.89. The van der Waals surface area contributed by atoms with Crippen LogP contribution in [0.3, 0.4) is 0 Å². The Morgan fingerprint density at radius 1 is 0.900 bits per heavy atom. The Labute approximate surface area is 228 Å². The fraction of sp³-hybridized carbons (Fsp3) is 0.138. The topological polar surface area (TPSA) is 122 Å². The summed E-state index contributed by atoms with van der Waals surface area (Å²) >= 11 is 0. The molecule has 9 nitrogen and oxygen atoms in total. The Kier molecular flexibility index (Phi) is 8.43. The van der Waals surface area contributed by atoms with Crippen LogP contribution in [0, 0.1) is 11.6 Å². The summed E-state index contributed by atoms with van der Waals surface area (Å²) in [6, 6.07) is 13.2. The molecule has 0 unspecified atom stereocenters. The average Bonchev–Trinajstić information content (AvgIpc) is 2.91. The van der Waals surface area contributed by atoms with Gasteiger partial charge in [-0.25, -0.2) is 8.78 Å². The van der Waals surface area contributed by atoms with Gasteiger partial charge in [0, 0.05) is 47.3 Å². The van der Waals surface area contributed by atoms with Crippen molar-refractivity contribution in [1.82, 2.24) is 10.3 Å². The van der Waals surface area contributed by atoms with Crippen LogP contribution in [-0.2, 0) is 9.59 Å². The highest BCUT2D eigenvalue weighted by Gasteiger charge is 2.20. The lowest BCUT2D eigenvalue weighted by Crippen LogP contribution is -2.28. The van der Waals surface area contributed by atoms with Crippen LogP contribution < -0.4 is 25.4 Å². The number of rotatable bonds is 9. The Bertz CT molecular complexity index is 1590. The second kappa shape index (κ2) is 12.1. The Morgan fingerprint density at radius 2 is 1.57 bits per heavy atom. The first-order chi connectivity index (χ1) is 19.1. The zero-order valence-corrected chi connectivity index (χ0v) is 21.8. The molecular formula is C29H26F2N4O5. The van der Waals surface area contributed by atoms with E-state index in [1.165, 1.54) is 74.1 Å². The number of anilines is 2. The van der Waals surface area contributed by atoms with Gasteiger partial charge in [0.25, 0.3) is 11.8 Å². The van der Waals surface area contributed by atoms with Gasteiger partial charge in [-0.1, -0.05) is 0 Å². The van der Waals surface area contributed by atoms with E-state index in [-0.39, 0.29) is 40.3 Å². The summed E-state index contributed by atoms with van der Waals surface area (Å²) in [5, 5.41) is 18.4. The largest absolute Gasteiger partial charge is 0.504 e. The van der Waals surface area contributed by atoms with E-state index in [0.717, 1.165) is 6.07 Å². The van der Waals surface area contributed by atoms with Gasteiger partial charge in [0.2, 0.25) is 0 Å². The fourth-order valence-corrected chi connectivity index (χ4v) is 3.58. The molecule has 0 aliphatic rings. The minimum Gasteiger partial charge on any atom is -0.504 e. The van der Waals surface area contributed by atoms with Crippen molar-refractivity contribution in [1.29, 1.82) is 0 Å². The van der Waals surface area contributed by atoms with Crippen molar-refractivity contribution in [3.05, 3.63) is 90.3 Å². The zero-order valence-electron chi connectivity index (χ0n) is 21.8. The highest BCUT2D eigenvalue weighted by molar-refractivity contribution is 6.26. The number of methoxy groups -OCH3 is 1. The van der Waals surface area contributed by atoms with E-state index < -0.39 is 23.4 Å². The number of pyridine rings is 1. The molecule has 0 aliphatic carbocycles. The third-order valence-corrected chi connectivity index (χ3v) is 5.56. The second-order valence-electron chi connectivity index (χ2n) is 8.89. The van der Waals surface area contributed by atoms with Crippen LogP contribution in [-0.4, -0.2) is 35.1 Å². The summed E-state index contributed by atoms with van der Waals surface area (Å²) in [4.78, 5) is 30.0. The van der Waals surface area contributed by atoms with E-state index in [4.69, 9.17) is 9.47 Å². The predicted octanol–water partition coefficient (Wildman–Crippen LogP) is 5.48. The first-order valence-electron chi connectivity index (χ1n) is 12.1. The minimum atomic E-state index is -0.798. The molecule has 1 heterocycles. The molecule has 11 heteroatoms. The summed E-state index contributed by atoms with van der Waals surface area (Å²) in [5.74, 6) is -2.58. The van der Waals surface area contributed by atoms with Gasteiger partial charge in [-0.05, 0) is 62.4 Å². The van der Waals surface area contributed by atoms with Crippen molar-refractivity contribution >= 4 is 34.1 Å². The molecule has 1 aromatic heterocycles. The number of nitrogens with zero attached hydrogens (tertiary/aromatic N) is 1. The smallest absolute Gasteiger partial charge is 0.262 e. The summed E-state index contributed by atoms with van der Waals surface area (Å²) in [7, 11) is 1.40. The number of phenolic OH excluding ortho intramolecular Hbond substituents is 1. The Balaban J connectivity index is 1.53. The number of fused-ring (bicyclic) bond motifs is 1. The first kappa shape index (κ1) is 27.8. The van der Waals surface area contributed by atoms with Crippen molar-refractivity contribution in [3.8, 4) is 23.0 Å². The average molecular weight is 549 g/mol. The number of aromatic nitrogens is 1. The van der Waals surface area contributed by atoms with Crippen LogP contribution in [0.25, 0.3) is 10.9 Å². The molecule has 206 valence electrons. The quantitative estimate of drug-likeness (QED) is 0.124. The Hall–Kier alpha value is -5.19. The maximum absolute atomic E-state index is 15.0. The number of benzene rings is 3. The summed E-state index contributed by atoms with van der Waals surface area (Å²) < 4.78 is 39.2.